The maximum Gasteiger partial charge on any atom is 0.142 e. The van der Waals surface area contributed by atoms with Gasteiger partial charge < -0.3 is 11.1 Å². The van der Waals surface area contributed by atoms with Gasteiger partial charge in [0.2, 0.25) is 0 Å². The molecule has 28 heavy (non-hydrogen) atoms. The van der Waals surface area contributed by atoms with Gasteiger partial charge in [0.25, 0.3) is 0 Å². The van der Waals surface area contributed by atoms with E-state index < -0.39 is 0 Å². The molecule has 1 aromatic carbocycles. The highest BCUT2D eigenvalue weighted by molar-refractivity contribution is 8.00. The maximum atomic E-state index is 15.5. The molecule has 2 aromatic rings. The van der Waals surface area contributed by atoms with Crippen LogP contribution in [0.3, 0.4) is 0 Å². The van der Waals surface area contributed by atoms with Crippen LogP contribution >= 0.6 is 11.8 Å². The van der Waals surface area contributed by atoms with E-state index in [-0.39, 0.29) is 11.1 Å². The normalized spacial score (nSPS) is 16.8. The van der Waals surface area contributed by atoms with E-state index in [0.29, 0.717) is 28.2 Å². The lowest BCUT2D eigenvalue weighted by Crippen LogP contribution is -2.14. The van der Waals surface area contributed by atoms with Crippen LogP contribution in [-0.2, 0) is 6.42 Å². The Morgan fingerprint density at radius 3 is 3.00 bits per heavy atom. The van der Waals surface area contributed by atoms with E-state index in [1.807, 2.05) is 19.1 Å². The zero-order valence-electron chi connectivity index (χ0n) is 15.9. The van der Waals surface area contributed by atoms with Crippen LogP contribution < -0.4 is 11.1 Å². The number of hydrogen-bond donors (Lipinski definition) is 3. The number of allylic oxidation sites excluding steroid dienone is 3. The van der Waals surface area contributed by atoms with Crippen molar-refractivity contribution in [3.8, 4) is 6.07 Å². The van der Waals surface area contributed by atoms with Gasteiger partial charge in [0.05, 0.1) is 27.9 Å². The van der Waals surface area contributed by atoms with E-state index in [4.69, 9.17) is 11.0 Å². The average molecular weight is 396 g/mol. The lowest BCUT2D eigenvalue weighted by atomic mass is 9.92. The van der Waals surface area contributed by atoms with Crippen LogP contribution in [0.15, 0.2) is 46.2 Å². The van der Waals surface area contributed by atoms with Crippen LogP contribution in [0.4, 0.5) is 4.39 Å². The minimum atomic E-state index is -0.375. The number of nitrogens with one attached hydrogen (secondary N) is 2. The molecule has 1 aliphatic heterocycles. The number of thioether (sulfide) groups is 1. The van der Waals surface area contributed by atoms with Gasteiger partial charge in [-0.1, -0.05) is 6.92 Å². The minimum absolute atomic E-state index is 0.311. The van der Waals surface area contributed by atoms with E-state index in [0.717, 1.165) is 22.2 Å². The van der Waals surface area contributed by atoms with Gasteiger partial charge in [0.15, 0.2) is 0 Å². The summed E-state index contributed by atoms with van der Waals surface area (Å²) in [6.07, 6.45) is 9.51. The molecule has 3 rings (SSSR count). The van der Waals surface area contributed by atoms with Crippen LogP contribution in [0, 0.1) is 17.1 Å². The third kappa shape index (κ3) is 3.66. The summed E-state index contributed by atoms with van der Waals surface area (Å²) in [5.74, 6) is 0.0790. The second-order valence-electron chi connectivity index (χ2n) is 6.22. The molecule has 0 fully saturated rings. The van der Waals surface area contributed by atoms with Gasteiger partial charge in [-0.15, -0.1) is 11.8 Å². The summed E-state index contributed by atoms with van der Waals surface area (Å²) in [4.78, 5) is 4.37. The van der Waals surface area contributed by atoms with E-state index in [2.05, 4.69) is 26.6 Å². The van der Waals surface area contributed by atoms with Gasteiger partial charge in [-0.25, -0.2) is 4.39 Å². The second kappa shape index (κ2) is 8.31. The van der Waals surface area contributed by atoms with Gasteiger partial charge >= 0.3 is 0 Å². The number of amidine groups is 1. The van der Waals surface area contributed by atoms with E-state index in [1.165, 1.54) is 11.8 Å². The topological polar surface area (TPSA) is 103 Å². The second-order valence-corrected chi connectivity index (χ2v) is 7.57. The molecule has 6 nitrogen and oxygen atoms in total. The molecule has 8 heteroatoms. The maximum absolute atomic E-state index is 15.5. The first-order chi connectivity index (χ1) is 13.5. The number of aliphatic imine (C=N–C) groups is 1. The molecule has 1 atom stereocenters. The Hall–Kier alpha value is -3.05. The summed E-state index contributed by atoms with van der Waals surface area (Å²) in [7, 11) is 1.62. The Labute approximate surface area is 167 Å². The number of rotatable bonds is 5. The Morgan fingerprint density at radius 1 is 1.54 bits per heavy atom. The SMILES string of the molecule is CCc1c(F)c(SC(C)C#N)c2[nH]ncc2c1C1=C/C(=C/C(N)=NC)NC=C1. The van der Waals surface area contributed by atoms with Gasteiger partial charge in [0.1, 0.15) is 11.7 Å². The number of fused-ring (bicyclic) bond motifs is 1. The Balaban J connectivity index is 2.24. The first-order valence-corrected chi connectivity index (χ1v) is 9.70. The van der Waals surface area contributed by atoms with Crippen LogP contribution in [0.5, 0.6) is 0 Å². The minimum Gasteiger partial charge on any atom is -0.384 e. The molecule has 2 heterocycles. The zero-order valence-corrected chi connectivity index (χ0v) is 16.7. The standard InChI is InChI=1S/C20H21FN6S/c1-4-14-17(12-5-6-25-13(7-12)8-16(23)24-3)15-10-26-27-19(15)20(18(14)21)28-11(2)9-22/h5-8,10-11,25H,4H2,1-3H3,(H2,23,24)(H,26,27)/b13-8-. The number of nitrogens with two attached hydrogens (primary N) is 1. The van der Waals surface area contributed by atoms with Crippen molar-refractivity contribution in [3.05, 3.63) is 53.3 Å². The van der Waals surface area contributed by atoms with Crippen molar-refractivity contribution in [2.24, 2.45) is 10.7 Å². The summed E-state index contributed by atoms with van der Waals surface area (Å²) in [6.45, 7) is 3.67. The highest BCUT2D eigenvalue weighted by Gasteiger charge is 2.23. The molecule has 4 N–H and O–H groups in total. The van der Waals surface area contributed by atoms with Crippen molar-refractivity contribution in [1.82, 2.24) is 15.5 Å². The number of aromatic nitrogens is 2. The fraction of sp³-hybridized carbons (Fsp3) is 0.250. The van der Waals surface area contributed by atoms with Crippen LogP contribution in [0.2, 0.25) is 0 Å². The number of aromatic amines is 1. The molecule has 0 saturated carbocycles. The summed E-state index contributed by atoms with van der Waals surface area (Å²) >= 11 is 1.20. The monoisotopic (exact) mass is 396 g/mol. The van der Waals surface area contributed by atoms with E-state index in [9.17, 15) is 0 Å². The number of halogens is 1. The van der Waals surface area contributed by atoms with Crippen molar-refractivity contribution < 1.29 is 4.39 Å². The van der Waals surface area contributed by atoms with Crippen molar-refractivity contribution in [2.45, 2.75) is 30.4 Å². The van der Waals surface area contributed by atoms with Gasteiger partial charge in [-0.3, -0.25) is 10.1 Å². The van der Waals surface area contributed by atoms with Gasteiger partial charge in [0, 0.05) is 30.4 Å². The molecule has 0 saturated heterocycles. The Morgan fingerprint density at radius 2 is 2.32 bits per heavy atom. The number of nitriles is 1. The van der Waals surface area contributed by atoms with Gasteiger partial charge in [-0.2, -0.15) is 10.4 Å². The lowest BCUT2D eigenvalue weighted by Gasteiger charge is -2.18. The van der Waals surface area contributed by atoms with Crippen LogP contribution in [-0.4, -0.2) is 28.3 Å². The van der Waals surface area contributed by atoms with Crippen LogP contribution in [0.1, 0.15) is 25.0 Å². The molecule has 0 amide bonds. The number of H-pyrrole nitrogens is 1. The van der Waals surface area contributed by atoms with Crippen molar-refractivity contribution >= 4 is 34.1 Å². The molecule has 1 aromatic heterocycles. The molecule has 0 radical (unpaired) electrons. The number of benzene rings is 1. The number of dihydropyridines is 1. The van der Waals surface area contributed by atoms with E-state index >= 15 is 4.39 Å². The summed E-state index contributed by atoms with van der Waals surface area (Å²) in [6, 6.07) is 2.14. The first kappa shape index (κ1) is 19.7. The smallest absolute Gasteiger partial charge is 0.142 e. The average Bonchev–Trinajstić information content (AvgIpc) is 3.18. The molecule has 0 aliphatic carbocycles. The molecule has 0 bridgehead atoms. The predicted octanol–water partition coefficient (Wildman–Crippen LogP) is 3.64. The lowest BCUT2D eigenvalue weighted by molar-refractivity contribution is 0.589. The highest BCUT2D eigenvalue weighted by atomic mass is 32.2. The zero-order chi connectivity index (χ0) is 20.3. The fourth-order valence-corrected chi connectivity index (χ4v) is 4.00. The van der Waals surface area contributed by atoms with E-state index in [1.54, 1.807) is 32.4 Å². The van der Waals surface area contributed by atoms with Gasteiger partial charge in [-0.05, 0) is 42.2 Å². The third-order valence-corrected chi connectivity index (χ3v) is 5.48. The Bertz CT molecular complexity index is 1070. The molecule has 144 valence electrons. The highest BCUT2D eigenvalue weighted by Crippen LogP contribution is 2.40. The largest absolute Gasteiger partial charge is 0.384 e. The molecule has 1 unspecified atom stereocenters. The first-order valence-electron chi connectivity index (χ1n) is 8.82. The van der Waals surface area contributed by atoms with Crippen molar-refractivity contribution in [3.63, 3.8) is 0 Å². The molecular formula is C20H21FN6S. The predicted molar refractivity (Wildman–Crippen MR) is 112 cm³/mol. The number of nitrogens with zero attached hydrogens (tertiary/aromatic N) is 3. The summed E-state index contributed by atoms with van der Waals surface area (Å²) < 4.78 is 15.5. The van der Waals surface area contributed by atoms with Crippen LogP contribution in [0.25, 0.3) is 16.5 Å². The molecule has 0 spiro atoms. The third-order valence-electron chi connectivity index (χ3n) is 4.41. The Kier molecular flexibility index (Phi) is 5.85. The quantitative estimate of drug-likeness (QED) is 0.407. The van der Waals surface area contributed by atoms with Crippen molar-refractivity contribution in [2.75, 3.05) is 7.05 Å². The molecule has 1 aliphatic rings. The summed E-state index contributed by atoms with van der Waals surface area (Å²) in [5, 5.41) is 19.7. The summed E-state index contributed by atoms with van der Waals surface area (Å²) in [5.41, 5.74) is 9.39. The number of hydrogen-bond acceptors (Lipinski definition) is 5. The van der Waals surface area contributed by atoms with Crippen molar-refractivity contribution in [1.29, 1.82) is 5.26 Å². The molecular weight excluding hydrogens is 375 g/mol. The fourth-order valence-electron chi connectivity index (χ4n) is 3.09.